The molecule has 33 nitrogen and oxygen atoms in total. The van der Waals surface area contributed by atoms with Gasteiger partial charge >= 0.3 is 25.9 Å². The van der Waals surface area contributed by atoms with Crippen molar-refractivity contribution >= 4 is 49.4 Å². The SMILES string of the molecule is C=C(CC=C(C)CCC=C(C)C)CCC(C)(C)C=CCCC(C)=CCOC(OP(=O)(O)OC1OC(C(=O)O)C(C)(O)C(OC(N)=O)C1OC1OC(C)C(OC2OC(C)C(OC3OC(C(=O)NC4=C(O)CCC4=O)C(O)C(O)C3O)C(O)C2NC(C)=O)C(O)C1NC(C)=O)C(=O)O. The Bertz CT molecular complexity index is 2980. The van der Waals surface area contributed by atoms with Gasteiger partial charge in [0, 0.05) is 26.7 Å². The number of Topliss-reactive ketones (excluding diaryl/α,β-unsaturated/α-hetero) is 1. The van der Waals surface area contributed by atoms with E-state index in [0.29, 0.717) is 12.8 Å². The summed E-state index contributed by atoms with van der Waals surface area (Å²) in [4.78, 5) is 99.9. The van der Waals surface area contributed by atoms with Gasteiger partial charge in [0.1, 0.15) is 71.9 Å². The van der Waals surface area contributed by atoms with Crippen molar-refractivity contribution in [3.63, 3.8) is 0 Å². The van der Waals surface area contributed by atoms with E-state index in [-0.39, 0.29) is 18.3 Å². The van der Waals surface area contributed by atoms with Crippen molar-refractivity contribution < 1.29 is 141 Å². The van der Waals surface area contributed by atoms with Gasteiger partial charge in [0.05, 0.1) is 18.8 Å². The van der Waals surface area contributed by atoms with E-state index in [0.717, 1.165) is 64.0 Å². The average Bonchev–Trinajstić information content (AvgIpc) is 0.852. The van der Waals surface area contributed by atoms with Gasteiger partial charge in [-0.1, -0.05) is 73.1 Å². The van der Waals surface area contributed by atoms with E-state index < -0.39 is 196 Å². The van der Waals surface area contributed by atoms with Gasteiger partial charge in [-0.05, 0) is 98.8 Å². The number of carbonyl (C=O) groups excluding carboxylic acids is 5. The Hall–Kier alpha value is -5.92. The Morgan fingerprint density at radius 2 is 1.30 bits per heavy atom. The standard InChI is InChI=1S/C62H95N4O29P/c1-28(2)16-15-18-29(3)19-20-31(5)23-26-61(10,11)25-14-13-17-30(4)24-27-85-59(54(79)80)95-96(83,84)94-58-49(50(93-60(63)81)62(12,82)51(92-58)53(77)78)91-56-40(65-35(9)68)41(71)46(32(6)87-56)88-55-39(64-34(8)67)42(72)47(33(7)86-55)89-57-45(75)43(73)44(74)48(90-57)52(76)66-38-36(69)21-22-37(38)70/h14,16,19,24-25,32-33,39-51,55-59,69,71-75,82H,5,13,15,17-18,20-23,26-27H2,1-4,6-12H3,(H2,63,81)(H,64,67)(H,65,68)(H,66,76)(H,77,78)(H,79,80)(H,83,84). The molecule has 22 atom stereocenters. The third-order valence-electron chi connectivity index (χ3n) is 16.5. The van der Waals surface area contributed by atoms with Crippen molar-refractivity contribution in [2.24, 2.45) is 11.1 Å². The zero-order chi connectivity index (χ0) is 72.1. The number of nitrogens with one attached hydrogen (secondary N) is 3. The lowest BCUT2D eigenvalue weighted by molar-refractivity contribution is -0.368. The van der Waals surface area contributed by atoms with Crippen LogP contribution in [-0.2, 0) is 85.0 Å². The first kappa shape index (κ1) is 80.8. The second-order valence-corrected chi connectivity index (χ2v) is 26.9. The van der Waals surface area contributed by atoms with Crippen molar-refractivity contribution in [2.45, 2.75) is 262 Å². The highest BCUT2D eigenvalue weighted by molar-refractivity contribution is 7.47. The van der Waals surface area contributed by atoms with Crippen molar-refractivity contribution in [1.82, 2.24) is 16.0 Å². The van der Waals surface area contributed by atoms with Crippen molar-refractivity contribution in [1.29, 1.82) is 0 Å². The van der Waals surface area contributed by atoms with E-state index in [1.54, 1.807) is 6.92 Å². The molecular weight excluding hydrogens is 1300 g/mol. The summed E-state index contributed by atoms with van der Waals surface area (Å²) < 4.78 is 75.8. The van der Waals surface area contributed by atoms with Crippen LogP contribution in [0.25, 0.3) is 0 Å². The predicted octanol–water partition coefficient (Wildman–Crippen LogP) is 1.73. The van der Waals surface area contributed by atoms with E-state index in [1.165, 1.54) is 31.1 Å². The number of rotatable bonds is 32. The molecule has 0 aromatic heterocycles. The summed E-state index contributed by atoms with van der Waals surface area (Å²) in [5.74, 6) is -8.01. The number of phosphoric ester groups is 1. The number of carboxylic acid groups (broad SMARTS) is 2. The summed E-state index contributed by atoms with van der Waals surface area (Å²) in [6.07, 6.45) is -23.6. The highest BCUT2D eigenvalue weighted by Crippen LogP contribution is 2.50. The van der Waals surface area contributed by atoms with Crippen LogP contribution in [0.1, 0.15) is 134 Å². The van der Waals surface area contributed by atoms with Gasteiger partial charge < -0.3 is 115 Å². The molecule has 542 valence electrons. The van der Waals surface area contributed by atoms with Crippen molar-refractivity contribution in [3.8, 4) is 0 Å². The fraction of sp³-hybridized carbons (Fsp3) is 0.694. The molecule has 0 bridgehead atoms. The number of carboxylic acids is 2. The highest BCUT2D eigenvalue weighted by atomic mass is 31.2. The van der Waals surface area contributed by atoms with Crippen LogP contribution in [0, 0.1) is 5.41 Å². The van der Waals surface area contributed by atoms with E-state index in [4.69, 9.17) is 57.4 Å². The molecule has 15 N–H and O–H groups in total. The number of hydrogen-bond donors (Lipinski definition) is 14. The van der Waals surface area contributed by atoms with Crippen molar-refractivity contribution in [3.05, 3.63) is 70.7 Å². The maximum absolute atomic E-state index is 13.9. The number of aliphatic hydroxyl groups excluding tert-OH is 6. The molecule has 1 aliphatic carbocycles. The monoisotopic (exact) mass is 1390 g/mol. The third-order valence-corrected chi connectivity index (χ3v) is 17.4. The molecule has 4 heterocycles. The second kappa shape index (κ2) is 35.2. The third kappa shape index (κ3) is 22.6. The summed E-state index contributed by atoms with van der Waals surface area (Å²) in [6.45, 7) is 21.3. The maximum Gasteiger partial charge on any atom is 0.477 e. The fourth-order valence-electron chi connectivity index (χ4n) is 11.1. The summed E-state index contributed by atoms with van der Waals surface area (Å²) in [6, 6.07) is -3.59. The Labute approximate surface area is 555 Å². The largest absolute Gasteiger partial charge is 0.510 e. The predicted molar refractivity (Wildman–Crippen MR) is 331 cm³/mol. The molecule has 5 rings (SSSR count). The summed E-state index contributed by atoms with van der Waals surface area (Å²) in [7, 11) is -5.94. The number of hydrogen-bond acceptors (Lipinski definition) is 26. The zero-order valence-electron chi connectivity index (χ0n) is 55.5. The number of amides is 4. The minimum Gasteiger partial charge on any atom is -0.510 e. The first-order valence-electron chi connectivity index (χ1n) is 31.2. The number of aliphatic carboxylic acids is 2. The number of carbonyl (C=O) groups is 7. The number of aliphatic hydroxyl groups is 7. The molecule has 22 unspecified atom stereocenters. The van der Waals surface area contributed by atoms with Crippen LogP contribution in [0.3, 0.4) is 0 Å². The van der Waals surface area contributed by atoms with Crippen LogP contribution in [0.4, 0.5) is 4.79 Å². The molecule has 4 amide bonds. The van der Waals surface area contributed by atoms with Crippen LogP contribution in [0.15, 0.2) is 70.7 Å². The molecule has 5 aliphatic rings. The minimum atomic E-state index is -5.94. The normalized spacial score (nSPS) is 34.0. The van der Waals surface area contributed by atoms with Gasteiger partial charge in [0.25, 0.3) is 12.2 Å². The smallest absolute Gasteiger partial charge is 0.477 e. The average molecular weight is 1390 g/mol. The number of ether oxygens (including phenoxy) is 9. The van der Waals surface area contributed by atoms with Gasteiger partial charge in [-0.3, -0.25) is 23.7 Å². The summed E-state index contributed by atoms with van der Waals surface area (Å²) in [5.41, 5.74) is 6.29. The Kier molecular flexibility index (Phi) is 29.6. The molecule has 0 aromatic carbocycles. The van der Waals surface area contributed by atoms with Gasteiger partial charge in [-0.2, -0.15) is 0 Å². The first-order chi connectivity index (χ1) is 44.6. The van der Waals surface area contributed by atoms with Gasteiger partial charge in [0.15, 0.2) is 55.4 Å². The Morgan fingerprint density at radius 1 is 0.750 bits per heavy atom. The number of primary amides is 1. The van der Waals surface area contributed by atoms with Crippen molar-refractivity contribution in [2.75, 3.05) is 6.61 Å². The van der Waals surface area contributed by atoms with E-state index in [1.807, 2.05) is 6.08 Å². The lowest BCUT2D eigenvalue weighted by Crippen LogP contribution is -2.72. The van der Waals surface area contributed by atoms with Gasteiger partial charge in [-0.25, -0.2) is 23.5 Å². The molecule has 0 spiro atoms. The molecule has 96 heavy (non-hydrogen) atoms. The molecule has 4 aliphatic heterocycles. The number of allylic oxidation sites excluding steroid dienone is 10. The summed E-state index contributed by atoms with van der Waals surface area (Å²) >= 11 is 0. The lowest BCUT2D eigenvalue weighted by atomic mass is 9.85. The maximum atomic E-state index is 13.9. The first-order valence-corrected chi connectivity index (χ1v) is 32.7. The summed E-state index contributed by atoms with van der Waals surface area (Å²) in [5, 5.41) is 105. The number of phosphoric acid groups is 1. The molecule has 0 aromatic rings. The molecule has 34 heteroatoms. The van der Waals surface area contributed by atoms with Crippen LogP contribution < -0.4 is 21.7 Å². The molecule has 0 saturated carbocycles. The number of nitrogens with two attached hydrogens (primary N) is 1. The Morgan fingerprint density at radius 3 is 1.82 bits per heavy atom. The van der Waals surface area contributed by atoms with Crippen LogP contribution >= 0.6 is 7.82 Å². The van der Waals surface area contributed by atoms with Crippen LogP contribution in [-0.4, -0.2) is 227 Å². The fourth-order valence-corrected chi connectivity index (χ4v) is 11.9. The highest BCUT2D eigenvalue weighted by Gasteiger charge is 2.62. The van der Waals surface area contributed by atoms with Crippen LogP contribution in [0.5, 0.6) is 0 Å². The van der Waals surface area contributed by atoms with E-state index in [2.05, 4.69) is 75.4 Å². The van der Waals surface area contributed by atoms with Crippen LogP contribution in [0.2, 0.25) is 0 Å². The molecular formula is C62H95N4O29P. The van der Waals surface area contributed by atoms with E-state index in [9.17, 15) is 89.0 Å². The van der Waals surface area contributed by atoms with E-state index >= 15 is 0 Å². The zero-order valence-corrected chi connectivity index (χ0v) is 56.4. The minimum absolute atomic E-state index is 0.0885. The molecule has 0 radical (unpaired) electrons. The van der Waals surface area contributed by atoms with Gasteiger partial charge in [0.2, 0.25) is 11.8 Å². The Balaban J connectivity index is 1.30. The second-order valence-electron chi connectivity index (χ2n) is 25.6. The van der Waals surface area contributed by atoms with Gasteiger partial charge in [-0.15, -0.1) is 0 Å². The number of ketones is 1. The quantitative estimate of drug-likeness (QED) is 0.0259. The molecule has 4 saturated heterocycles. The lowest BCUT2D eigenvalue weighted by Gasteiger charge is -2.51. The topological polar surface area (TPSA) is 502 Å². The molecule has 4 fully saturated rings.